The zero-order valence-electron chi connectivity index (χ0n) is 12.7. The van der Waals surface area contributed by atoms with E-state index in [1.165, 1.54) is 18.2 Å². The fourth-order valence-electron chi connectivity index (χ4n) is 2.08. The van der Waals surface area contributed by atoms with E-state index >= 15 is 0 Å². The van der Waals surface area contributed by atoms with Crippen LogP contribution in [0.4, 0.5) is 5.69 Å². The van der Waals surface area contributed by atoms with E-state index in [0.717, 1.165) is 19.3 Å². The summed E-state index contributed by atoms with van der Waals surface area (Å²) in [5.41, 5.74) is 0.306. The Labute approximate surface area is 129 Å². The van der Waals surface area contributed by atoms with Crippen LogP contribution in [0.1, 0.15) is 55.8 Å². The van der Waals surface area contributed by atoms with Gasteiger partial charge in [-0.2, -0.15) is 0 Å². The summed E-state index contributed by atoms with van der Waals surface area (Å²) in [4.78, 5) is 33.2. The number of nitro benzene ring substituents is 1. The predicted molar refractivity (Wildman–Crippen MR) is 81.8 cm³/mol. The van der Waals surface area contributed by atoms with Gasteiger partial charge in [0.1, 0.15) is 0 Å². The van der Waals surface area contributed by atoms with Gasteiger partial charge in [-0.3, -0.25) is 19.7 Å². The highest BCUT2D eigenvalue weighted by molar-refractivity contribution is 5.96. The molecule has 0 atom stereocenters. The maximum atomic E-state index is 11.9. The zero-order valence-corrected chi connectivity index (χ0v) is 12.7. The molecule has 0 saturated carbocycles. The van der Waals surface area contributed by atoms with E-state index in [-0.39, 0.29) is 17.4 Å². The van der Waals surface area contributed by atoms with Crippen LogP contribution in [-0.2, 0) is 9.53 Å². The molecule has 0 aliphatic rings. The van der Waals surface area contributed by atoms with Gasteiger partial charge < -0.3 is 4.74 Å². The van der Waals surface area contributed by atoms with Crippen molar-refractivity contribution in [2.75, 3.05) is 6.61 Å². The standard InChI is InChI=1S/C16H21NO5/c1-2-22-16(19)11-6-4-3-5-10-15(18)13-8-7-9-14(12-13)17(20)21/h7-9,12H,2-6,10-11H2,1H3. The van der Waals surface area contributed by atoms with Crippen molar-refractivity contribution in [1.82, 2.24) is 0 Å². The highest BCUT2D eigenvalue weighted by Gasteiger charge is 2.11. The second kappa shape index (κ2) is 9.65. The van der Waals surface area contributed by atoms with E-state index in [9.17, 15) is 19.7 Å². The summed E-state index contributed by atoms with van der Waals surface area (Å²) in [7, 11) is 0. The number of hydrogen-bond acceptors (Lipinski definition) is 5. The SMILES string of the molecule is CCOC(=O)CCCCCCC(=O)c1cccc([N+](=O)[O-])c1. The minimum absolute atomic E-state index is 0.0692. The normalized spacial score (nSPS) is 10.2. The van der Waals surface area contributed by atoms with Crippen molar-refractivity contribution in [3.8, 4) is 0 Å². The molecule has 6 nitrogen and oxygen atoms in total. The molecule has 0 bridgehead atoms. The second-order valence-electron chi connectivity index (χ2n) is 4.95. The summed E-state index contributed by atoms with van der Waals surface area (Å²) in [6.45, 7) is 2.17. The largest absolute Gasteiger partial charge is 0.466 e. The molecule has 0 saturated heterocycles. The highest BCUT2D eigenvalue weighted by Crippen LogP contribution is 2.16. The van der Waals surface area contributed by atoms with Gasteiger partial charge in [0.15, 0.2) is 5.78 Å². The van der Waals surface area contributed by atoms with Crippen molar-refractivity contribution in [2.24, 2.45) is 0 Å². The van der Waals surface area contributed by atoms with E-state index in [1.54, 1.807) is 13.0 Å². The average Bonchev–Trinajstić information content (AvgIpc) is 2.50. The van der Waals surface area contributed by atoms with Crippen molar-refractivity contribution >= 4 is 17.4 Å². The first-order valence-corrected chi connectivity index (χ1v) is 7.48. The Bertz CT molecular complexity index is 527. The summed E-state index contributed by atoms with van der Waals surface area (Å²) in [6.07, 6.45) is 3.95. The molecule has 0 N–H and O–H groups in total. The van der Waals surface area contributed by atoms with Crippen LogP contribution in [0, 0.1) is 10.1 Å². The Balaban J connectivity index is 2.25. The van der Waals surface area contributed by atoms with Gasteiger partial charge in [0, 0.05) is 30.5 Å². The topological polar surface area (TPSA) is 86.5 Å². The molecule has 22 heavy (non-hydrogen) atoms. The van der Waals surface area contributed by atoms with Crippen LogP contribution in [0.5, 0.6) is 0 Å². The Hall–Kier alpha value is -2.24. The molecule has 120 valence electrons. The van der Waals surface area contributed by atoms with E-state index in [1.807, 2.05) is 0 Å². The van der Waals surface area contributed by atoms with Gasteiger partial charge in [-0.25, -0.2) is 0 Å². The lowest BCUT2D eigenvalue weighted by molar-refractivity contribution is -0.384. The maximum Gasteiger partial charge on any atom is 0.305 e. The first kappa shape index (κ1) is 17.8. The van der Waals surface area contributed by atoms with Crippen molar-refractivity contribution in [1.29, 1.82) is 0 Å². The number of nitrogens with zero attached hydrogens (tertiary/aromatic N) is 1. The number of carbonyl (C=O) groups excluding carboxylic acids is 2. The molecule has 0 aliphatic carbocycles. The molecule has 0 aliphatic heterocycles. The number of benzene rings is 1. The van der Waals surface area contributed by atoms with Crippen LogP contribution in [-0.4, -0.2) is 23.3 Å². The van der Waals surface area contributed by atoms with Gasteiger partial charge >= 0.3 is 5.97 Å². The number of carbonyl (C=O) groups is 2. The maximum absolute atomic E-state index is 11.9. The molecule has 0 aromatic heterocycles. The minimum Gasteiger partial charge on any atom is -0.466 e. The number of hydrogen-bond donors (Lipinski definition) is 0. The lowest BCUT2D eigenvalue weighted by atomic mass is 10.0. The summed E-state index contributed by atoms with van der Waals surface area (Å²) in [5, 5.41) is 10.7. The van der Waals surface area contributed by atoms with Gasteiger partial charge in [0.05, 0.1) is 11.5 Å². The third kappa shape index (κ3) is 6.47. The third-order valence-electron chi connectivity index (χ3n) is 3.22. The summed E-state index contributed by atoms with van der Waals surface area (Å²) in [6, 6.07) is 5.79. The number of ketones is 1. The van der Waals surface area contributed by atoms with E-state index in [0.29, 0.717) is 31.4 Å². The zero-order chi connectivity index (χ0) is 16.4. The average molecular weight is 307 g/mol. The Morgan fingerprint density at radius 2 is 1.82 bits per heavy atom. The van der Waals surface area contributed by atoms with Crippen molar-refractivity contribution < 1.29 is 19.2 Å². The molecule has 0 unspecified atom stereocenters. The lowest BCUT2D eigenvalue weighted by Gasteiger charge is -2.03. The number of nitro groups is 1. The van der Waals surface area contributed by atoms with E-state index in [4.69, 9.17) is 4.74 Å². The number of ether oxygens (including phenoxy) is 1. The smallest absolute Gasteiger partial charge is 0.305 e. The van der Waals surface area contributed by atoms with Crippen LogP contribution in [0.25, 0.3) is 0 Å². The Morgan fingerprint density at radius 1 is 1.14 bits per heavy atom. The summed E-state index contributed by atoms with van der Waals surface area (Å²) < 4.78 is 4.83. The molecule has 0 amide bonds. The van der Waals surface area contributed by atoms with Crippen molar-refractivity contribution in [3.63, 3.8) is 0 Å². The molecular formula is C16H21NO5. The van der Waals surface area contributed by atoms with Gasteiger partial charge in [0.25, 0.3) is 5.69 Å². The second-order valence-corrected chi connectivity index (χ2v) is 4.95. The first-order valence-electron chi connectivity index (χ1n) is 7.48. The molecule has 1 aromatic rings. The molecule has 1 rings (SSSR count). The van der Waals surface area contributed by atoms with Crippen LogP contribution in [0.15, 0.2) is 24.3 Å². The van der Waals surface area contributed by atoms with E-state index < -0.39 is 4.92 Å². The molecule has 6 heteroatoms. The molecule has 1 aromatic carbocycles. The van der Waals surface area contributed by atoms with Gasteiger partial charge in [0.2, 0.25) is 0 Å². The van der Waals surface area contributed by atoms with Gasteiger partial charge in [-0.05, 0) is 19.8 Å². The first-order chi connectivity index (χ1) is 10.5. The van der Waals surface area contributed by atoms with Gasteiger partial charge in [-0.15, -0.1) is 0 Å². The lowest BCUT2D eigenvalue weighted by Crippen LogP contribution is -2.03. The Morgan fingerprint density at radius 3 is 2.45 bits per heavy atom. The fourth-order valence-corrected chi connectivity index (χ4v) is 2.08. The quantitative estimate of drug-likeness (QED) is 0.216. The van der Waals surface area contributed by atoms with Crippen LogP contribution >= 0.6 is 0 Å². The van der Waals surface area contributed by atoms with Crippen molar-refractivity contribution in [3.05, 3.63) is 39.9 Å². The van der Waals surface area contributed by atoms with Crippen LogP contribution in [0.2, 0.25) is 0 Å². The Kier molecular flexibility index (Phi) is 7.81. The number of esters is 1. The molecule has 0 heterocycles. The molecule has 0 spiro atoms. The number of unbranched alkanes of at least 4 members (excludes halogenated alkanes) is 3. The molecule has 0 fully saturated rings. The third-order valence-corrected chi connectivity index (χ3v) is 3.22. The van der Waals surface area contributed by atoms with Crippen LogP contribution in [0.3, 0.4) is 0 Å². The number of non-ortho nitro benzene ring substituents is 1. The monoisotopic (exact) mass is 307 g/mol. The van der Waals surface area contributed by atoms with E-state index in [2.05, 4.69) is 0 Å². The predicted octanol–water partition coefficient (Wildman–Crippen LogP) is 3.68. The fraction of sp³-hybridized carbons (Fsp3) is 0.500. The summed E-state index contributed by atoms with van der Waals surface area (Å²) >= 11 is 0. The van der Waals surface area contributed by atoms with Crippen LogP contribution < -0.4 is 0 Å². The number of rotatable bonds is 10. The van der Waals surface area contributed by atoms with Gasteiger partial charge in [-0.1, -0.05) is 25.0 Å². The summed E-state index contributed by atoms with van der Waals surface area (Å²) in [5.74, 6) is -0.274. The van der Waals surface area contributed by atoms with Crippen molar-refractivity contribution in [2.45, 2.75) is 45.4 Å². The molecular weight excluding hydrogens is 286 g/mol. The number of Topliss-reactive ketones (excluding diaryl/α,β-unsaturated/α-hetero) is 1. The molecule has 0 radical (unpaired) electrons. The minimum atomic E-state index is -0.508. The highest BCUT2D eigenvalue weighted by atomic mass is 16.6.